The summed E-state index contributed by atoms with van der Waals surface area (Å²) in [6.45, 7) is 20.8. The molecule has 2 aromatic rings. The van der Waals surface area contributed by atoms with Gasteiger partial charge in [0.15, 0.2) is 0 Å². The standard InChI is InChI=1S/C40H58O5Si2/c1-11-44-37-31(19-17-21-33(37)46(5,6)7)39(25-15-13-23-35(39)41-3)27-29-43-30-28-40(26-16-14-24-36(40)42-4)32-20-18-22-34(47(8,9)10)38(32)45-12-2/h13-26,35-36H,11-12,27-30H2,1-10H3. The summed E-state index contributed by atoms with van der Waals surface area (Å²) in [5, 5.41) is 2.68. The van der Waals surface area contributed by atoms with Gasteiger partial charge < -0.3 is 23.7 Å². The fourth-order valence-corrected chi connectivity index (χ4v) is 10.2. The lowest BCUT2D eigenvalue weighted by molar-refractivity contribution is 0.0369. The van der Waals surface area contributed by atoms with Crippen LogP contribution in [0.5, 0.6) is 11.5 Å². The zero-order chi connectivity index (χ0) is 34.3. The number of allylic oxidation sites excluding steroid dienone is 4. The first-order chi connectivity index (χ1) is 22.4. The van der Waals surface area contributed by atoms with Crippen LogP contribution in [0.3, 0.4) is 0 Å². The van der Waals surface area contributed by atoms with Crippen molar-refractivity contribution in [1.29, 1.82) is 0 Å². The molecule has 7 heteroatoms. The number of benzene rings is 2. The third-order valence-electron chi connectivity index (χ3n) is 9.65. The van der Waals surface area contributed by atoms with E-state index in [1.165, 1.54) is 21.5 Å². The van der Waals surface area contributed by atoms with Crippen LogP contribution in [0.4, 0.5) is 0 Å². The van der Waals surface area contributed by atoms with Gasteiger partial charge in [0, 0.05) is 49.4 Å². The molecule has 0 amide bonds. The van der Waals surface area contributed by atoms with Crippen LogP contribution in [0.1, 0.15) is 37.8 Å². The fraction of sp³-hybridized carbons (Fsp3) is 0.500. The molecule has 47 heavy (non-hydrogen) atoms. The Balaban J connectivity index is 1.66. The monoisotopic (exact) mass is 674 g/mol. The predicted molar refractivity (Wildman–Crippen MR) is 203 cm³/mol. The largest absolute Gasteiger partial charge is 0.494 e. The molecule has 2 aliphatic rings. The first-order valence-electron chi connectivity index (χ1n) is 17.3. The van der Waals surface area contributed by atoms with Crippen LogP contribution >= 0.6 is 0 Å². The van der Waals surface area contributed by atoms with Gasteiger partial charge in [0.05, 0.1) is 41.6 Å². The summed E-state index contributed by atoms with van der Waals surface area (Å²) in [5.41, 5.74) is 1.52. The third kappa shape index (κ3) is 7.81. The van der Waals surface area contributed by atoms with Gasteiger partial charge in [-0.2, -0.15) is 0 Å². The van der Waals surface area contributed by atoms with Crippen molar-refractivity contribution in [2.24, 2.45) is 0 Å². The Hall–Kier alpha value is -2.69. The topological polar surface area (TPSA) is 46.2 Å². The molecule has 5 nitrogen and oxygen atoms in total. The molecule has 0 fully saturated rings. The van der Waals surface area contributed by atoms with Crippen LogP contribution in [-0.2, 0) is 25.0 Å². The van der Waals surface area contributed by atoms with Crippen LogP contribution in [-0.4, -0.2) is 69.0 Å². The van der Waals surface area contributed by atoms with Gasteiger partial charge in [-0.05, 0) is 37.1 Å². The SMILES string of the molecule is CCOc1c(C2(CCOCCC3(c4cccc([Si](C)(C)C)c4OCC)C=CC=CC3OC)C=CC=CC2OC)cccc1[Si](C)(C)C. The number of ether oxygens (including phenoxy) is 5. The van der Waals surface area contributed by atoms with Gasteiger partial charge >= 0.3 is 0 Å². The van der Waals surface area contributed by atoms with Gasteiger partial charge in [-0.3, -0.25) is 0 Å². The minimum Gasteiger partial charge on any atom is -0.494 e. The molecular formula is C40H58O5Si2. The van der Waals surface area contributed by atoms with E-state index in [0.717, 1.165) is 24.3 Å². The van der Waals surface area contributed by atoms with E-state index in [4.69, 9.17) is 23.7 Å². The number of methoxy groups -OCH3 is 2. The van der Waals surface area contributed by atoms with E-state index in [-0.39, 0.29) is 12.2 Å². The van der Waals surface area contributed by atoms with Gasteiger partial charge in [0.2, 0.25) is 0 Å². The summed E-state index contributed by atoms with van der Waals surface area (Å²) in [4.78, 5) is 0. The third-order valence-corrected chi connectivity index (χ3v) is 13.7. The van der Waals surface area contributed by atoms with Gasteiger partial charge in [-0.25, -0.2) is 0 Å². The number of rotatable bonds is 16. The van der Waals surface area contributed by atoms with Gasteiger partial charge in [0.1, 0.15) is 11.5 Å². The highest BCUT2D eigenvalue weighted by Crippen LogP contribution is 2.44. The number of hydrogen-bond acceptors (Lipinski definition) is 5. The molecule has 4 atom stereocenters. The average Bonchev–Trinajstić information content (AvgIpc) is 3.04. The maximum atomic E-state index is 6.62. The van der Waals surface area contributed by atoms with E-state index < -0.39 is 27.0 Å². The highest BCUT2D eigenvalue weighted by molar-refractivity contribution is 6.89. The Bertz CT molecular complexity index is 1350. The molecule has 0 N–H and O–H groups in total. The van der Waals surface area contributed by atoms with Crippen molar-refractivity contribution in [1.82, 2.24) is 0 Å². The summed E-state index contributed by atoms with van der Waals surface area (Å²) in [6.07, 6.45) is 18.6. The molecule has 2 aliphatic carbocycles. The molecule has 0 aliphatic heterocycles. The Kier molecular flexibility index (Phi) is 12.4. The van der Waals surface area contributed by atoms with Crippen LogP contribution in [0.2, 0.25) is 39.3 Å². The molecule has 0 bridgehead atoms. The quantitative estimate of drug-likeness (QED) is 0.134. The molecular weight excluding hydrogens is 617 g/mol. The van der Waals surface area contributed by atoms with Crippen LogP contribution in [0.15, 0.2) is 85.0 Å². The Labute approximate surface area is 286 Å². The summed E-state index contributed by atoms with van der Waals surface area (Å²) >= 11 is 0. The Morgan fingerprint density at radius 2 is 1.00 bits per heavy atom. The normalized spacial score (nSPS) is 24.1. The first-order valence-corrected chi connectivity index (χ1v) is 24.3. The van der Waals surface area contributed by atoms with Crippen molar-refractivity contribution < 1.29 is 23.7 Å². The molecule has 0 aromatic heterocycles. The summed E-state index contributed by atoms with van der Waals surface area (Å²) in [7, 11) is 0.226. The van der Waals surface area contributed by atoms with Crippen molar-refractivity contribution in [2.45, 2.75) is 89.0 Å². The Morgan fingerprint density at radius 1 is 0.596 bits per heavy atom. The second-order valence-corrected chi connectivity index (χ2v) is 24.8. The zero-order valence-corrected chi connectivity index (χ0v) is 32.5. The molecule has 0 saturated heterocycles. The second-order valence-electron chi connectivity index (χ2n) is 14.7. The van der Waals surface area contributed by atoms with E-state index in [1.807, 2.05) is 0 Å². The fourth-order valence-electron chi connectivity index (χ4n) is 7.27. The van der Waals surface area contributed by atoms with Crippen molar-refractivity contribution in [3.63, 3.8) is 0 Å². The molecule has 256 valence electrons. The Morgan fingerprint density at radius 3 is 1.34 bits per heavy atom. The lowest BCUT2D eigenvalue weighted by Crippen LogP contribution is -2.45. The molecule has 2 aromatic carbocycles. The summed E-state index contributed by atoms with van der Waals surface area (Å²) in [6, 6.07) is 13.3. The average molecular weight is 675 g/mol. The zero-order valence-electron chi connectivity index (χ0n) is 30.5. The molecule has 0 heterocycles. The maximum Gasteiger partial charge on any atom is 0.122 e. The second kappa shape index (κ2) is 15.7. The minimum atomic E-state index is -1.69. The highest BCUT2D eigenvalue weighted by atomic mass is 28.3. The van der Waals surface area contributed by atoms with E-state index >= 15 is 0 Å². The van der Waals surface area contributed by atoms with Crippen LogP contribution in [0, 0.1) is 0 Å². The minimum absolute atomic E-state index is 0.138. The van der Waals surface area contributed by atoms with Crippen LogP contribution < -0.4 is 19.8 Å². The van der Waals surface area contributed by atoms with E-state index in [2.05, 4.69) is 138 Å². The van der Waals surface area contributed by atoms with E-state index in [1.54, 1.807) is 14.2 Å². The van der Waals surface area contributed by atoms with E-state index in [9.17, 15) is 0 Å². The highest BCUT2D eigenvalue weighted by Gasteiger charge is 2.44. The lowest BCUT2D eigenvalue weighted by atomic mass is 9.70. The number of hydrogen-bond donors (Lipinski definition) is 0. The molecule has 0 saturated carbocycles. The van der Waals surface area contributed by atoms with Crippen molar-refractivity contribution >= 4 is 26.5 Å². The molecule has 4 rings (SSSR count). The predicted octanol–water partition coefficient (Wildman–Crippen LogP) is 7.83. The molecule has 0 spiro atoms. The van der Waals surface area contributed by atoms with Crippen molar-refractivity contribution in [3.8, 4) is 11.5 Å². The maximum absolute atomic E-state index is 6.62. The smallest absolute Gasteiger partial charge is 0.122 e. The summed E-state index contributed by atoms with van der Waals surface area (Å²) < 4.78 is 31.9. The van der Waals surface area contributed by atoms with E-state index in [0.29, 0.717) is 26.4 Å². The molecule has 0 radical (unpaired) electrons. The first kappa shape index (κ1) is 37.1. The van der Waals surface area contributed by atoms with Crippen LogP contribution in [0.25, 0.3) is 0 Å². The van der Waals surface area contributed by atoms with Crippen molar-refractivity contribution in [3.05, 3.63) is 96.1 Å². The molecule has 4 unspecified atom stereocenters. The van der Waals surface area contributed by atoms with Gasteiger partial charge in [-0.15, -0.1) is 0 Å². The summed E-state index contributed by atoms with van der Waals surface area (Å²) in [5.74, 6) is 2.03. The number of para-hydroxylation sites is 2. The van der Waals surface area contributed by atoms with Crippen molar-refractivity contribution in [2.75, 3.05) is 40.6 Å². The van der Waals surface area contributed by atoms with Gasteiger partial charge in [0.25, 0.3) is 0 Å². The lowest BCUT2D eigenvalue weighted by Gasteiger charge is -2.41. The van der Waals surface area contributed by atoms with Gasteiger partial charge in [-0.1, -0.05) is 124 Å².